The zero-order chi connectivity index (χ0) is 15.2. The maximum Gasteiger partial charge on any atom is 0.277 e. The number of halogens is 2. The van der Waals surface area contributed by atoms with Gasteiger partial charge in [0.1, 0.15) is 5.75 Å². The van der Waals surface area contributed by atoms with Crippen molar-refractivity contribution in [2.45, 2.75) is 32.3 Å². The Bertz CT molecular complexity index is 435. The van der Waals surface area contributed by atoms with Gasteiger partial charge in [0.15, 0.2) is 0 Å². The molecular weight excluding hydrogens is 266 g/mol. The van der Waals surface area contributed by atoms with Crippen LogP contribution in [0, 0.1) is 0 Å². The summed E-state index contributed by atoms with van der Waals surface area (Å²) in [6, 6.07) is 6.35. The van der Waals surface area contributed by atoms with Crippen molar-refractivity contribution in [1.82, 2.24) is 5.32 Å². The SMILES string of the molecule is CCC(C)Oc1ccc(C(=O)NCC(F)(F)CN)cc1. The minimum Gasteiger partial charge on any atom is -0.491 e. The first-order valence-corrected chi connectivity index (χ1v) is 6.50. The van der Waals surface area contributed by atoms with Crippen LogP contribution in [0.15, 0.2) is 24.3 Å². The minimum atomic E-state index is -3.09. The number of nitrogens with two attached hydrogens (primary N) is 1. The van der Waals surface area contributed by atoms with Gasteiger partial charge in [-0.3, -0.25) is 4.79 Å². The first-order chi connectivity index (χ1) is 9.38. The van der Waals surface area contributed by atoms with Gasteiger partial charge in [0, 0.05) is 5.56 Å². The molecule has 4 nitrogen and oxygen atoms in total. The summed E-state index contributed by atoms with van der Waals surface area (Å²) >= 11 is 0. The van der Waals surface area contributed by atoms with Gasteiger partial charge in [-0.1, -0.05) is 6.92 Å². The van der Waals surface area contributed by atoms with E-state index in [2.05, 4.69) is 5.32 Å². The third-order valence-electron chi connectivity index (χ3n) is 2.83. The highest BCUT2D eigenvalue weighted by molar-refractivity contribution is 5.94. The zero-order valence-electron chi connectivity index (χ0n) is 11.7. The van der Waals surface area contributed by atoms with E-state index in [1.165, 1.54) is 12.1 Å². The Kier molecular flexibility index (Phi) is 5.88. The second-order valence-corrected chi connectivity index (χ2v) is 4.60. The van der Waals surface area contributed by atoms with Crippen molar-refractivity contribution in [2.24, 2.45) is 5.73 Å². The molecule has 112 valence electrons. The van der Waals surface area contributed by atoms with E-state index < -0.39 is 24.9 Å². The van der Waals surface area contributed by atoms with Crippen molar-refractivity contribution >= 4 is 5.91 Å². The van der Waals surface area contributed by atoms with Crippen LogP contribution in [-0.2, 0) is 0 Å². The standard InChI is InChI=1S/C14H20F2N2O2/c1-3-10(2)20-12-6-4-11(5-7-12)13(19)18-9-14(15,16)8-17/h4-7,10H,3,8-9,17H2,1-2H3,(H,18,19). The Morgan fingerprint density at radius 2 is 2.00 bits per heavy atom. The Balaban J connectivity index is 2.57. The molecule has 1 aromatic carbocycles. The number of hydrogen-bond donors (Lipinski definition) is 2. The molecule has 20 heavy (non-hydrogen) atoms. The van der Waals surface area contributed by atoms with E-state index >= 15 is 0 Å². The molecule has 0 fully saturated rings. The molecule has 0 aliphatic carbocycles. The number of ether oxygens (including phenoxy) is 1. The summed E-state index contributed by atoms with van der Waals surface area (Å²) in [6.07, 6.45) is 0.953. The lowest BCUT2D eigenvalue weighted by atomic mass is 10.2. The molecule has 1 rings (SSSR count). The molecule has 0 spiro atoms. The molecule has 0 aliphatic rings. The Morgan fingerprint density at radius 1 is 1.40 bits per heavy atom. The number of nitrogens with one attached hydrogen (secondary N) is 1. The quantitative estimate of drug-likeness (QED) is 0.807. The number of alkyl halides is 2. The van der Waals surface area contributed by atoms with Gasteiger partial charge >= 0.3 is 0 Å². The van der Waals surface area contributed by atoms with Crippen molar-refractivity contribution in [1.29, 1.82) is 0 Å². The number of benzene rings is 1. The highest BCUT2D eigenvalue weighted by Crippen LogP contribution is 2.15. The van der Waals surface area contributed by atoms with Crippen LogP contribution in [0.5, 0.6) is 5.75 Å². The third kappa shape index (κ3) is 5.13. The maximum atomic E-state index is 12.9. The normalized spacial score (nSPS) is 12.8. The van der Waals surface area contributed by atoms with Gasteiger partial charge in [0.2, 0.25) is 0 Å². The van der Waals surface area contributed by atoms with Gasteiger partial charge in [-0.25, -0.2) is 8.78 Å². The van der Waals surface area contributed by atoms with Crippen molar-refractivity contribution in [3.05, 3.63) is 29.8 Å². The van der Waals surface area contributed by atoms with E-state index in [4.69, 9.17) is 10.5 Å². The molecule has 1 atom stereocenters. The fraction of sp³-hybridized carbons (Fsp3) is 0.500. The topological polar surface area (TPSA) is 64.3 Å². The Morgan fingerprint density at radius 3 is 2.50 bits per heavy atom. The van der Waals surface area contributed by atoms with Crippen LogP contribution in [0.4, 0.5) is 8.78 Å². The van der Waals surface area contributed by atoms with Crippen LogP contribution in [0.3, 0.4) is 0 Å². The fourth-order valence-electron chi connectivity index (χ4n) is 1.38. The Labute approximate surface area is 117 Å². The van der Waals surface area contributed by atoms with E-state index in [1.807, 2.05) is 13.8 Å². The van der Waals surface area contributed by atoms with E-state index in [-0.39, 0.29) is 6.10 Å². The summed E-state index contributed by atoms with van der Waals surface area (Å²) in [7, 11) is 0. The highest BCUT2D eigenvalue weighted by Gasteiger charge is 2.27. The predicted molar refractivity (Wildman–Crippen MR) is 73.2 cm³/mol. The van der Waals surface area contributed by atoms with E-state index in [1.54, 1.807) is 12.1 Å². The van der Waals surface area contributed by atoms with E-state index in [0.29, 0.717) is 11.3 Å². The largest absolute Gasteiger partial charge is 0.491 e. The third-order valence-corrected chi connectivity index (χ3v) is 2.83. The number of amides is 1. The first kappa shape index (κ1) is 16.4. The molecule has 0 radical (unpaired) electrons. The summed E-state index contributed by atoms with van der Waals surface area (Å²) in [5, 5.41) is 2.15. The van der Waals surface area contributed by atoms with Gasteiger partial charge in [-0.2, -0.15) is 0 Å². The second-order valence-electron chi connectivity index (χ2n) is 4.60. The summed E-state index contributed by atoms with van der Waals surface area (Å²) in [5.41, 5.74) is 5.19. The summed E-state index contributed by atoms with van der Waals surface area (Å²) in [5.74, 6) is -3.01. The van der Waals surface area contributed by atoms with E-state index in [9.17, 15) is 13.6 Å². The summed E-state index contributed by atoms with van der Waals surface area (Å²) < 4.78 is 31.4. The lowest BCUT2D eigenvalue weighted by Gasteiger charge is -2.15. The molecule has 1 amide bonds. The minimum absolute atomic E-state index is 0.0814. The van der Waals surface area contributed by atoms with Gasteiger partial charge < -0.3 is 15.8 Å². The van der Waals surface area contributed by atoms with Gasteiger partial charge in [0.05, 0.1) is 19.2 Å². The lowest BCUT2D eigenvalue weighted by Crippen LogP contribution is -2.41. The molecule has 0 heterocycles. The molecule has 0 bridgehead atoms. The van der Waals surface area contributed by atoms with Crippen molar-refractivity contribution < 1.29 is 18.3 Å². The van der Waals surface area contributed by atoms with Gasteiger partial charge in [-0.05, 0) is 37.6 Å². The van der Waals surface area contributed by atoms with Crippen LogP contribution in [0.25, 0.3) is 0 Å². The molecular formula is C14H20F2N2O2. The highest BCUT2D eigenvalue weighted by atomic mass is 19.3. The Hall–Kier alpha value is -1.69. The lowest BCUT2D eigenvalue weighted by molar-refractivity contribution is 0.0118. The van der Waals surface area contributed by atoms with Crippen LogP contribution in [0.1, 0.15) is 30.6 Å². The molecule has 1 aromatic rings. The predicted octanol–water partition coefficient (Wildman–Crippen LogP) is 2.19. The maximum absolute atomic E-state index is 12.9. The fourth-order valence-corrected chi connectivity index (χ4v) is 1.38. The number of hydrogen-bond acceptors (Lipinski definition) is 3. The molecule has 1 unspecified atom stereocenters. The first-order valence-electron chi connectivity index (χ1n) is 6.50. The number of carbonyl (C=O) groups is 1. The summed E-state index contributed by atoms with van der Waals surface area (Å²) in [6.45, 7) is 2.38. The smallest absolute Gasteiger partial charge is 0.277 e. The van der Waals surface area contributed by atoms with Crippen LogP contribution in [0.2, 0.25) is 0 Å². The second kappa shape index (κ2) is 7.19. The molecule has 0 aliphatic heterocycles. The van der Waals surface area contributed by atoms with Gasteiger partial charge in [-0.15, -0.1) is 0 Å². The zero-order valence-corrected chi connectivity index (χ0v) is 11.7. The molecule has 0 aromatic heterocycles. The average molecular weight is 286 g/mol. The van der Waals surface area contributed by atoms with Gasteiger partial charge in [0.25, 0.3) is 11.8 Å². The number of rotatable bonds is 7. The van der Waals surface area contributed by atoms with E-state index in [0.717, 1.165) is 6.42 Å². The summed E-state index contributed by atoms with van der Waals surface area (Å²) in [4.78, 5) is 11.7. The van der Waals surface area contributed by atoms with Crippen molar-refractivity contribution in [2.75, 3.05) is 13.1 Å². The molecule has 3 N–H and O–H groups in total. The van der Waals surface area contributed by atoms with Crippen LogP contribution < -0.4 is 15.8 Å². The van der Waals surface area contributed by atoms with Crippen molar-refractivity contribution in [3.8, 4) is 5.75 Å². The molecule has 6 heteroatoms. The average Bonchev–Trinajstić information content (AvgIpc) is 2.45. The van der Waals surface area contributed by atoms with Crippen LogP contribution in [-0.4, -0.2) is 31.0 Å². The molecule has 0 saturated heterocycles. The number of carbonyl (C=O) groups excluding carboxylic acids is 1. The van der Waals surface area contributed by atoms with Crippen LogP contribution >= 0.6 is 0 Å². The molecule has 0 saturated carbocycles. The monoisotopic (exact) mass is 286 g/mol. The van der Waals surface area contributed by atoms with Crippen molar-refractivity contribution in [3.63, 3.8) is 0 Å².